The van der Waals surface area contributed by atoms with Crippen LogP contribution in [0.4, 0.5) is 4.79 Å². The number of rotatable bonds is 3. The summed E-state index contributed by atoms with van der Waals surface area (Å²) in [6, 6.07) is 0.242. The van der Waals surface area contributed by atoms with Crippen LogP contribution in [0.2, 0.25) is 0 Å². The van der Waals surface area contributed by atoms with E-state index in [0.29, 0.717) is 5.92 Å². The molecule has 0 aliphatic heterocycles. The third-order valence-corrected chi connectivity index (χ3v) is 4.00. The van der Waals surface area contributed by atoms with E-state index in [-0.39, 0.29) is 24.8 Å². The zero-order valence-electron chi connectivity index (χ0n) is 10.4. The molecule has 2 rings (SSSR count). The Morgan fingerprint density at radius 3 is 2.35 bits per heavy atom. The number of nitrogens with one attached hydrogen (secondary N) is 1. The number of hydrogen-bond acceptors (Lipinski definition) is 3. The maximum Gasteiger partial charge on any atom is 0.407 e. The summed E-state index contributed by atoms with van der Waals surface area (Å²) in [6.45, 7) is 0.277. The van der Waals surface area contributed by atoms with Gasteiger partial charge in [-0.05, 0) is 57.3 Å². The van der Waals surface area contributed by atoms with Crippen molar-refractivity contribution in [3.05, 3.63) is 0 Å². The Morgan fingerprint density at radius 1 is 1.12 bits per heavy atom. The molecule has 98 valence electrons. The number of aliphatic hydroxyl groups excluding tert-OH is 1. The number of ether oxygens (including phenoxy) is 1. The molecule has 0 aromatic heterocycles. The standard InChI is InChI=1S/C13H23NO3/c15-9-10-5-7-11(8-6-10)14-13(16)17-12-3-1-2-4-12/h10-12,15H,1-9H2,(H,14,16). The summed E-state index contributed by atoms with van der Waals surface area (Å²) in [6.07, 6.45) is 8.23. The quantitative estimate of drug-likeness (QED) is 0.796. The van der Waals surface area contributed by atoms with E-state index in [2.05, 4.69) is 5.32 Å². The van der Waals surface area contributed by atoms with Gasteiger partial charge in [-0.25, -0.2) is 4.79 Å². The first-order valence-corrected chi connectivity index (χ1v) is 6.86. The molecule has 0 aromatic carbocycles. The van der Waals surface area contributed by atoms with Crippen molar-refractivity contribution in [3.63, 3.8) is 0 Å². The fourth-order valence-electron chi connectivity index (χ4n) is 2.85. The highest BCUT2D eigenvalue weighted by Gasteiger charge is 2.24. The van der Waals surface area contributed by atoms with Gasteiger partial charge in [-0.1, -0.05) is 0 Å². The fourth-order valence-corrected chi connectivity index (χ4v) is 2.85. The van der Waals surface area contributed by atoms with Crippen LogP contribution in [0.25, 0.3) is 0 Å². The zero-order valence-corrected chi connectivity index (χ0v) is 10.4. The maximum absolute atomic E-state index is 11.6. The smallest absolute Gasteiger partial charge is 0.407 e. The number of aliphatic hydroxyl groups is 1. The number of alkyl carbamates (subject to hydrolysis) is 1. The average Bonchev–Trinajstić information content (AvgIpc) is 2.82. The summed E-state index contributed by atoms with van der Waals surface area (Å²) in [4.78, 5) is 11.6. The van der Waals surface area contributed by atoms with E-state index in [0.717, 1.165) is 38.5 Å². The van der Waals surface area contributed by atoms with Crippen LogP contribution in [0.3, 0.4) is 0 Å². The molecule has 0 saturated heterocycles. The monoisotopic (exact) mass is 241 g/mol. The van der Waals surface area contributed by atoms with E-state index in [9.17, 15) is 4.79 Å². The molecular formula is C13H23NO3. The molecule has 1 amide bonds. The van der Waals surface area contributed by atoms with E-state index in [1.807, 2.05) is 0 Å². The van der Waals surface area contributed by atoms with Gasteiger partial charge < -0.3 is 15.2 Å². The van der Waals surface area contributed by atoms with Crippen LogP contribution < -0.4 is 5.32 Å². The van der Waals surface area contributed by atoms with Crippen molar-refractivity contribution in [1.29, 1.82) is 0 Å². The van der Waals surface area contributed by atoms with Crippen LogP contribution in [0.5, 0.6) is 0 Å². The molecule has 2 aliphatic carbocycles. The van der Waals surface area contributed by atoms with Gasteiger partial charge in [0.25, 0.3) is 0 Å². The Kier molecular flexibility index (Phi) is 4.66. The predicted octanol–water partition coefficient (Wildman–Crippen LogP) is 2.21. The van der Waals surface area contributed by atoms with E-state index in [1.54, 1.807) is 0 Å². The SMILES string of the molecule is O=C(NC1CCC(CO)CC1)OC1CCCC1. The second-order valence-corrected chi connectivity index (χ2v) is 5.36. The summed E-state index contributed by atoms with van der Waals surface area (Å²) < 4.78 is 5.37. The lowest BCUT2D eigenvalue weighted by molar-refractivity contribution is 0.0933. The lowest BCUT2D eigenvalue weighted by Gasteiger charge is -2.28. The molecule has 2 saturated carbocycles. The first kappa shape index (κ1) is 12.7. The van der Waals surface area contributed by atoms with Gasteiger partial charge in [0.15, 0.2) is 0 Å². The van der Waals surface area contributed by atoms with Crippen molar-refractivity contribution in [1.82, 2.24) is 5.32 Å². The fraction of sp³-hybridized carbons (Fsp3) is 0.923. The van der Waals surface area contributed by atoms with Crippen molar-refractivity contribution >= 4 is 6.09 Å². The second-order valence-electron chi connectivity index (χ2n) is 5.36. The molecule has 0 radical (unpaired) electrons. The molecule has 2 aliphatic rings. The minimum Gasteiger partial charge on any atom is -0.446 e. The minimum absolute atomic E-state index is 0.142. The van der Waals surface area contributed by atoms with Crippen LogP contribution in [0, 0.1) is 5.92 Å². The molecule has 0 spiro atoms. The summed E-state index contributed by atoms with van der Waals surface area (Å²) in [5, 5.41) is 12.0. The molecular weight excluding hydrogens is 218 g/mol. The second kappa shape index (κ2) is 6.24. The van der Waals surface area contributed by atoms with Gasteiger partial charge in [0.1, 0.15) is 6.10 Å². The molecule has 2 fully saturated rings. The largest absolute Gasteiger partial charge is 0.446 e. The van der Waals surface area contributed by atoms with Gasteiger partial charge in [0.05, 0.1) is 0 Å². The van der Waals surface area contributed by atoms with Crippen molar-refractivity contribution < 1.29 is 14.6 Å². The third-order valence-electron chi connectivity index (χ3n) is 4.00. The summed E-state index contributed by atoms with van der Waals surface area (Å²) in [5.74, 6) is 0.430. The molecule has 4 nitrogen and oxygen atoms in total. The lowest BCUT2D eigenvalue weighted by Crippen LogP contribution is -2.39. The van der Waals surface area contributed by atoms with E-state index in [4.69, 9.17) is 9.84 Å². The summed E-state index contributed by atoms with van der Waals surface area (Å²) >= 11 is 0. The topological polar surface area (TPSA) is 58.6 Å². The first-order valence-electron chi connectivity index (χ1n) is 6.86. The van der Waals surface area contributed by atoms with Crippen LogP contribution in [0.1, 0.15) is 51.4 Å². The van der Waals surface area contributed by atoms with E-state index >= 15 is 0 Å². The Hall–Kier alpha value is -0.770. The molecule has 0 heterocycles. The van der Waals surface area contributed by atoms with Crippen molar-refractivity contribution in [2.24, 2.45) is 5.92 Å². The van der Waals surface area contributed by atoms with Gasteiger partial charge in [0, 0.05) is 12.6 Å². The van der Waals surface area contributed by atoms with Crippen LogP contribution in [-0.4, -0.2) is 30.0 Å². The minimum atomic E-state index is -0.246. The molecule has 17 heavy (non-hydrogen) atoms. The number of carbonyl (C=O) groups is 1. The summed E-state index contributed by atoms with van der Waals surface area (Å²) in [5.41, 5.74) is 0. The Labute approximate surface area is 103 Å². The van der Waals surface area contributed by atoms with Gasteiger partial charge in [-0.2, -0.15) is 0 Å². The molecule has 2 N–H and O–H groups in total. The number of hydrogen-bond donors (Lipinski definition) is 2. The highest BCUT2D eigenvalue weighted by Crippen LogP contribution is 2.24. The van der Waals surface area contributed by atoms with Crippen molar-refractivity contribution in [3.8, 4) is 0 Å². The predicted molar refractivity (Wildman–Crippen MR) is 64.7 cm³/mol. The van der Waals surface area contributed by atoms with E-state index in [1.165, 1.54) is 12.8 Å². The highest BCUT2D eigenvalue weighted by atomic mass is 16.6. The average molecular weight is 241 g/mol. The van der Waals surface area contributed by atoms with Crippen LogP contribution in [0.15, 0.2) is 0 Å². The molecule has 0 unspecified atom stereocenters. The Balaban J connectivity index is 1.65. The van der Waals surface area contributed by atoms with Crippen LogP contribution >= 0.6 is 0 Å². The van der Waals surface area contributed by atoms with Gasteiger partial charge in [0.2, 0.25) is 0 Å². The Bertz CT molecular complexity index is 243. The Morgan fingerprint density at radius 2 is 1.76 bits per heavy atom. The third kappa shape index (κ3) is 3.87. The normalized spacial score (nSPS) is 30.2. The van der Waals surface area contributed by atoms with Crippen molar-refractivity contribution in [2.75, 3.05) is 6.61 Å². The number of amides is 1. The van der Waals surface area contributed by atoms with Crippen LogP contribution in [-0.2, 0) is 4.74 Å². The zero-order chi connectivity index (χ0) is 12.1. The molecule has 0 aromatic rings. The summed E-state index contributed by atoms with van der Waals surface area (Å²) in [7, 11) is 0. The van der Waals surface area contributed by atoms with Gasteiger partial charge in [-0.15, -0.1) is 0 Å². The van der Waals surface area contributed by atoms with Gasteiger partial charge >= 0.3 is 6.09 Å². The molecule has 0 atom stereocenters. The lowest BCUT2D eigenvalue weighted by atomic mass is 9.87. The first-order chi connectivity index (χ1) is 8.28. The van der Waals surface area contributed by atoms with E-state index < -0.39 is 0 Å². The maximum atomic E-state index is 11.6. The number of carbonyl (C=O) groups excluding carboxylic acids is 1. The van der Waals surface area contributed by atoms with Crippen molar-refractivity contribution in [2.45, 2.75) is 63.5 Å². The molecule has 4 heteroatoms. The van der Waals surface area contributed by atoms with Gasteiger partial charge in [-0.3, -0.25) is 0 Å². The highest BCUT2D eigenvalue weighted by molar-refractivity contribution is 5.67. The molecule has 0 bridgehead atoms.